The summed E-state index contributed by atoms with van der Waals surface area (Å²) in [5, 5.41) is 9.19. The van der Waals surface area contributed by atoms with E-state index < -0.39 is 0 Å². The number of aliphatic hydroxyl groups is 1. The van der Waals surface area contributed by atoms with E-state index in [1.807, 2.05) is 0 Å². The van der Waals surface area contributed by atoms with E-state index in [-0.39, 0.29) is 12.4 Å². The summed E-state index contributed by atoms with van der Waals surface area (Å²) in [6.45, 7) is 7.70. The van der Waals surface area contributed by atoms with Crippen LogP contribution in [-0.4, -0.2) is 17.5 Å². The number of aliphatic hydroxyl groups excluding tert-OH is 1. The lowest BCUT2D eigenvalue weighted by Gasteiger charge is -2.17. The number of fused-ring (bicyclic) bond motifs is 2. The Labute approximate surface area is 157 Å². The molecule has 0 saturated heterocycles. The first-order valence-electron chi connectivity index (χ1n) is 10.1. The molecule has 2 nitrogen and oxygen atoms in total. The van der Waals surface area contributed by atoms with Gasteiger partial charge in [-0.3, -0.25) is 4.79 Å². The minimum absolute atomic E-state index is 0.102. The molecule has 0 amide bonds. The van der Waals surface area contributed by atoms with Crippen molar-refractivity contribution < 1.29 is 9.90 Å². The van der Waals surface area contributed by atoms with Crippen molar-refractivity contribution in [3.8, 4) is 0 Å². The normalized spacial score (nSPS) is 43.5. The highest BCUT2D eigenvalue weighted by atomic mass is 16.3. The molecule has 138 valence electrons. The van der Waals surface area contributed by atoms with Gasteiger partial charge in [-0.05, 0) is 78.6 Å². The first kappa shape index (κ1) is 17.7. The fourth-order valence-electron chi connectivity index (χ4n) is 6.14. The molecule has 0 aromatic carbocycles. The highest BCUT2D eigenvalue weighted by Gasteiger charge is 2.45. The summed E-state index contributed by atoms with van der Waals surface area (Å²) < 4.78 is 0. The average Bonchev–Trinajstić information content (AvgIpc) is 3.40. The summed E-state index contributed by atoms with van der Waals surface area (Å²) in [4.78, 5) is 11.9. The van der Waals surface area contributed by atoms with Gasteiger partial charge in [-0.15, -0.1) is 13.2 Å². The Morgan fingerprint density at radius 2 is 1.77 bits per heavy atom. The van der Waals surface area contributed by atoms with Crippen LogP contribution < -0.4 is 0 Å². The summed E-state index contributed by atoms with van der Waals surface area (Å²) in [5.41, 5.74) is 0.833. The van der Waals surface area contributed by atoms with Crippen LogP contribution in [-0.2, 0) is 4.79 Å². The van der Waals surface area contributed by atoms with Gasteiger partial charge in [0.05, 0.1) is 0 Å². The molecule has 0 aromatic heterocycles. The first-order chi connectivity index (χ1) is 12.7. The monoisotopic (exact) mass is 350 g/mol. The lowest BCUT2D eigenvalue weighted by molar-refractivity contribution is -0.118. The summed E-state index contributed by atoms with van der Waals surface area (Å²) in [7, 11) is 0. The van der Waals surface area contributed by atoms with Gasteiger partial charge in [0.25, 0.3) is 0 Å². The second-order valence-electron chi connectivity index (χ2n) is 8.61. The molecule has 26 heavy (non-hydrogen) atoms. The van der Waals surface area contributed by atoms with Crippen LogP contribution in [0, 0.1) is 47.3 Å². The van der Waals surface area contributed by atoms with Crippen LogP contribution in [0.3, 0.4) is 0 Å². The van der Waals surface area contributed by atoms with Crippen LogP contribution in [0.1, 0.15) is 25.7 Å². The number of hydrogen-bond acceptors (Lipinski definition) is 2. The zero-order valence-electron chi connectivity index (χ0n) is 15.5. The van der Waals surface area contributed by atoms with E-state index in [4.69, 9.17) is 0 Å². The fraction of sp³-hybridized carbons (Fsp3) is 0.542. The molecule has 4 aliphatic carbocycles. The number of hydrogen-bond donors (Lipinski definition) is 1. The zero-order chi connectivity index (χ0) is 18.3. The van der Waals surface area contributed by atoms with Crippen molar-refractivity contribution in [3.63, 3.8) is 0 Å². The Hall–Kier alpha value is -1.67. The molecule has 4 aliphatic rings. The molecule has 2 saturated carbocycles. The largest absolute Gasteiger partial charge is 0.388 e. The van der Waals surface area contributed by atoms with E-state index in [2.05, 4.69) is 55.7 Å². The van der Waals surface area contributed by atoms with Crippen molar-refractivity contribution in [2.45, 2.75) is 25.7 Å². The number of rotatable bonds is 6. The fourth-order valence-corrected chi connectivity index (χ4v) is 6.14. The van der Waals surface area contributed by atoms with Gasteiger partial charge in [0.2, 0.25) is 0 Å². The van der Waals surface area contributed by atoms with Crippen molar-refractivity contribution in [1.29, 1.82) is 0 Å². The Morgan fingerprint density at radius 1 is 1.04 bits per heavy atom. The molecule has 0 aliphatic heterocycles. The van der Waals surface area contributed by atoms with Crippen LogP contribution in [0.15, 0.2) is 61.3 Å². The lowest BCUT2D eigenvalue weighted by Crippen LogP contribution is -2.11. The molecule has 2 fully saturated rings. The predicted octanol–water partition coefficient (Wildman–Crippen LogP) is 4.50. The van der Waals surface area contributed by atoms with Crippen molar-refractivity contribution in [2.24, 2.45) is 47.3 Å². The van der Waals surface area contributed by atoms with Gasteiger partial charge in [-0.25, -0.2) is 0 Å². The smallest absolute Gasteiger partial charge is 0.183 e. The van der Waals surface area contributed by atoms with Gasteiger partial charge >= 0.3 is 0 Å². The number of Topliss-reactive ketones (excluding diaryl/α,β-unsaturated/α-hetero) is 1. The third-order valence-corrected chi connectivity index (χ3v) is 7.49. The molecule has 8 atom stereocenters. The quantitative estimate of drug-likeness (QED) is 0.716. The molecule has 0 heterocycles. The van der Waals surface area contributed by atoms with Crippen molar-refractivity contribution in [1.82, 2.24) is 0 Å². The molecule has 1 N–H and O–H groups in total. The van der Waals surface area contributed by atoms with Gasteiger partial charge in [0, 0.05) is 0 Å². The second kappa shape index (κ2) is 7.15. The minimum atomic E-state index is -0.369. The van der Waals surface area contributed by atoms with Gasteiger partial charge in [0.1, 0.15) is 6.61 Å². The molecule has 0 bridgehead atoms. The lowest BCUT2D eigenvalue weighted by atomic mass is 9.87. The summed E-state index contributed by atoms with van der Waals surface area (Å²) in [5.74, 6) is 4.45. The zero-order valence-corrected chi connectivity index (χ0v) is 15.5. The maximum absolute atomic E-state index is 11.9. The molecule has 4 rings (SSSR count). The Morgan fingerprint density at radius 3 is 2.50 bits per heavy atom. The molecule has 0 aromatic rings. The van der Waals surface area contributed by atoms with Crippen LogP contribution in [0.4, 0.5) is 0 Å². The van der Waals surface area contributed by atoms with Gasteiger partial charge in [0.15, 0.2) is 5.78 Å². The van der Waals surface area contributed by atoms with Gasteiger partial charge in [-0.2, -0.15) is 0 Å². The number of carbonyl (C=O) groups excluding carboxylic acids is 1. The maximum Gasteiger partial charge on any atom is 0.183 e. The standard InChI is InChI=1S/C24H30O2/c1-3-15-10-17(21-7-5-6-20(15)21)8-9-18-11-16(4-2)22-12-19(13-23(18)22)24(26)14-25/h3-6,8-9,13,15-18,20-23,25H,1-2,7,10-12,14H2/b9-8-. The molecular formula is C24H30O2. The Bertz CT molecular complexity index is 682. The van der Waals surface area contributed by atoms with E-state index in [9.17, 15) is 9.90 Å². The Kier molecular flexibility index (Phi) is 4.88. The molecule has 0 spiro atoms. The van der Waals surface area contributed by atoms with Crippen LogP contribution in [0.25, 0.3) is 0 Å². The van der Waals surface area contributed by atoms with Crippen molar-refractivity contribution >= 4 is 5.78 Å². The van der Waals surface area contributed by atoms with Crippen molar-refractivity contribution in [2.75, 3.05) is 6.61 Å². The van der Waals surface area contributed by atoms with Crippen LogP contribution in [0.5, 0.6) is 0 Å². The maximum atomic E-state index is 11.9. The van der Waals surface area contributed by atoms with Crippen molar-refractivity contribution in [3.05, 3.63) is 61.3 Å². The summed E-state index contributed by atoms with van der Waals surface area (Å²) in [6, 6.07) is 0. The van der Waals surface area contributed by atoms with E-state index in [0.717, 1.165) is 24.3 Å². The van der Waals surface area contributed by atoms with Crippen LogP contribution >= 0.6 is 0 Å². The van der Waals surface area contributed by atoms with E-state index in [1.165, 1.54) is 12.8 Å². The number of ketones is 1. The van der Waals surface area contributed by atoms with E-state index in [0.29, 0.717) is 41.4 Å². The molecule has 8 unspecified atom stereocenters. The SMILES string of the molecule is C=CC1CC(/C=C\C2CC(C=C)C3CC(C(=O)CO)=CC23)C2CC=CC12. The molecule has 0 radical (unpaired) electrons. The molecular weight excluding hydrogens is 320 g/mol. The highest BCUT2D eigenvalue weighted by molar-refractivity contribution is 5.96. The molecule has 2 heteroatoms. The number of carbonyl (C=O) groups is 1. The minimum Gasteiger partial charge on any atom is -0.388 e. The predicted molar refractivity (Wildman–Crippen MR) is 105 cm³/mol. The topological polar surface area (TPSA) is 37.3 Å². The van der Waals surface area contributed by atoms with E-state index >= 15 is 0 Å². The first-order valence-corrected chi connectivity index (χ1v) is 10.1. The average molecular weight is 351 g/mol. The van der Waals surface area contributed by atoms with Gasteiger partial charge in [-0.1, -0.05) is 42.5 Å². The summed E-state index contributed by atoms with van der Waals surface area (Å²) >= 11 is 0. The third kappa shape index (κ3) is 2.89. The van der Waals surface area contributed by atoms with Crippen LogP contribution in [0.2, 0.25) is 0 Å². The van der Waals surface area contributed by atoms with Gasteiger partial charge < -0.3 is 5.11 Å². The number of allylic oxidation sites excluding steroid dienone is 7. The summed E-state index contributed by atoms with van der Waals surface area (Å²) in [6.07, 6.45) is 20.4. The highest BCUT2D eigenvalue weighted by Crippen LogP contribution is 2.52. The Balaban J connectivity index is 1.50. The van der Waals surface area contributed by atoms with E-state index in [1.54, 1.807) is 0 Å². The third-order valence-electron chi connectivity index (χ3n) is 7.49. The second-order valence-corrected chi connectivity index (χ2v) is 8.61.